The Morgan fingerprint density at radius 1 is 1.64 bits per heavy atom. The molecule has 14 heavy (non-hydrogen) atoms. The van der Waals surface area contributed by atoms with E-state index < -0.39 is 0 Å². The summed E-state index contributed by atoms with van der Waals surface area (Å²) >= 11 is 0. The fourth-order valence-electron chi connectivity index (χ4n) is 1.40. The Morgan fingerprint density at radius 2 is 2.50 bits per heavy atom. The minimum atomic E-state index is -0.138. The molecule has 0 saturated carbocycles. The monoisotopic (exact) mass is 201 g/mol. The summed E-state index contributed by atoms with van der Waals surface area (Å²) in [5.74, 6) is -0.138. The minimum absolute atomic E-state index is 0.137. The van der Waals surface area contributed by atoms with E-state index in [1.54, 1.807) is 0 Å². The number of hydrogen-bond donors (Lipinski definition) is 1. The fraction of sp³-hybridized carbons (Fsp3) is 0.900. The molecule has 1 rings (SSSR count). The Bertz CT molecular complexity index is 167. The van der Waals surface area contributed by atoms with E-state index in [1.807, 2.05) is 6.92 Å². The first kappa shape index (κ1) is 11.5. The highest BCUT2D eigenvalue weighted by atomic mass is 16.6. The van der Waals surface area contributed by atoms with Gasteiger partial charge in [0.2, 0.25) is 0 Å². The van der Waals surface area contributed by atoms with Gasteiger partial charge in [-0.2, -0.15) is 0 Å². The van der Waals surface area contributed by atoms with Crippen molar-refractivity contribution in [3.63, 3.8) is 0 Å². The van der Waals surface area contributed by atoms with Gasteiger partial charge in [0.1, 0.15) is 6.61 Å². The number of rotatable bonds is 6. The Morgan fingerprint density at radius 3 is 3.14 bits per heavy atom. The van der Waals surface area contributed by atoms with Gasteiger partial charge in [-0.1, -0.05) is 6.92 Å². The lowest BCUT2D eigenvalue weighted by atomic mass is 10.2. The van der Waals surface area contributed by atoms with Crippen LogP contribution in [0.15, 0.2) is 0 Å². The summed E-state index contributed by atoms with van der Waals surface area (Å²) in [4.78, 5) is 11.2. The summed E-state index contributed by atoms with van der Waals surface area (Å²) in [6, 6.07) is 0. The highest BCUT2D eigenvalue weighted by molar-refractivity contribution is 5.69. The number of ether oxygens (including phenoxy) is 2. The van der Waals surface area contributed by atoms with Crippen LogP contribution in [0.25, 0.3) is 0 Å². The van der Waals surface area contributed by atoms with Crippen LogP contribution in [0, 0.1) is 0 Å². The second kappa shape index (κ2) is 6.79. The van der Waals surface area contributed by atoms with E-state index in [0.717, 1.165) is 26.0 Å². The first-order valence-corrected chi connectivity index (χ1v) is 5.31. The van der Waals surface area contributed by atoms with Crippen molar-refractivity contribution in [1.82, 2.24) is 5.32 Å². The summed E-state index contributed by atoms with van der Waals surface area (Å²) in [5.41, 5.74) is 0. The zero-order chi connectivity index (χ0) is 10.2. The summed E-state index contributed by atoms with van der Waals surface area (Å²) in [5, 5.41) is 3.08. The smallest absolute Gasteiger partial charge is 0.307 e. The maximum absolute atomic E-state index is 11.2. The third kappa shape index (κ3) is 4.58. The number of nitrogens with one attached hydrogen (secondary N) is 1. The molecule has 1 aliphatic rings. The van der Waals surface area contributed by atoms with E-state index in [2.05, 4.69) is 5.32 Å². The maximum atomic E-state index is 11.2. The van der Waals surface area contributed by atoms with Gasteiger partial charge in [-0.3, -0.25) is 4.79 Å². The number of carbonyl (C=O) groups excluding carboxylic acids is 1. The molecule has 0 radical (unpaired) electrons. The molecule has 1 atom stereocenters. The lowest BCUT2D eigenvalue weighted by Crippen LogP contribution is -2.22. The Balaban J connectivity index is 1.96. The van der Waals surface area contributed by atoms with Crippen LogP contribution in [-0.4, -0.2) is 38.4 Å². The second-order valence-electron chi connectivity index (χ2n) is 3.42. The molecule has 0 amide bonds. The molecule has 4 heteroatoms. The van der Waals surface area contributed by atoms with Crippen molar-refractivity contribution < 1.29 is 14.3 Å². The molecule has 82 valence electrons. The van der Waals surface area contributed by atoms with Gasteiger partial charge in [-0.15, -0.1) is 0 Å². The van der Waals surface area contributed by atoms with Gasteiger partial charge in [0, 0.05) is 13.2 Å². The van der Waals surface area contributed by atoms with Crippen LogP contribution >= 0.6 is 0 Å². The van der Waals surface area contributed by atoms with Gasteiger partial charge in [0.05, 0.1) is 12.5 Å². The standard InChI is InChI=1S/C10H19NO3/c1-2-11-6-5-10(12)14-8-9-4-3-7-13-9/h9,11H,2-8H2,1H3. The highest BCUT2D eigenvalue weighted by Gasteiger charge is 2.17. The predicted octanol–water partition coefficient (Wildman–Crippen LogP) is 0.708. The molecule has 0 bridgehead atoms. The van der Waals surface area contributed by atoms with E-state index in [4.69, 9.17) is 9.47 Å². The molecule has 4 nitrogen and oxygen atoms in total. The van der Waals surface area contributed by atoms with Crippen LogP contribution in [-0.2, 0) is 14.3 Å². The van der Waals surface area contributed by atoms with Gasteiger partial charge in [0.15, 0.2) is 0 Å². The average Bonchev–Trinajstić information content (AvgIpc) is 2.68. The first-order valence-electron chi connectivity index (χ1n) is 5.31. The zero-order valence-corrected chi connectivity index (χ0v) is 8.75. The normalized spacial score (nSPS) is 21.1. The van der Waals surface area contributed by atoms with Gasteiger partial charge in [-0.25, -0.2) is 0 Å². The van der Waals surface area contributed by atoms with Crippen LogP contribution in [0.5, 0.6) is 0 Å². The topological polar surface area (TPSA) is 47.6 Å². The van der Waals surface area contributed by atoms with Gasteiger partial charge < -0.3 is 14.8 Å². The molecular formula is C10H19NO3. The first-order chi connectivity index (χ1) is 6.83. The molecule has 1 aliphatic heterocycles. The third-order valence-corrected chi connectivity index (χ3v) is 2.21. The minimum Gasteiger partial charge on any atom is -0.463 e. The van der Waals surface area contributed by atoms with Gasteiger partial charge in [-0.05, 0) is 19.4 Å². The molecule has 0 aliphatic carbocycles. The average molecular weight is 201 g/mol. The fourth-order valence-corrected chi connectivity index (χ4v) is 1.40. The van der Waals surface area contributed by atoms with E-state index in [9.17, 15) is 4.79 Å². The van der Waals surface area contributed by atoms with E-state index in [0.29, 0.717) is 19.6 Å². The van der Waals surface area contributed by atoms with Crippen molar-refractivity contribution in [3.05, 3.63) is 0 Å². The second-order valence-corrected chi connectivity index (χ2v) is 3.42. The van der Waals surface area contributed by atoms with Crippen molar-refractivity contribution in [2.24, 2.45) is 0 Å². The molecule has 1 N–H and O–H groups in total. The number of carbonyl (C=O) groups is 1. The quantitative estimate of drug-likeness (QED) is 0.508. The van der Waals surface area contributed by atoms with Crippen molar-refractivity contribution in [3.8, 4) is 0 Å². The molecule has 0 aromatic heterocycles. The van der Waals surface area contributed by atoms with Crippen LogP contribution in [0.3, 0.4) is 0 Å². The van der Waals surface area contributed by atoms with Crippen molar-refractivity contribution in [1.29, 1.82) is 0 Å². The van der Waals surface area contributed by atoms with Crippen molar-refractivity contribution in [2.45, 2.75) is 32.3 Å². The molecule has 1 unspecified atom stereocenters. The summed E-state index contributed by atoms with van der Waals surface area (Å²) in [6.45, 7) is 4.82. The van der Waals surface area contributed by atoms with E-state index in [-0.39, 0.29) is 12.1 Å². The molecule has 1 heterocycles. The van der Waals surface area contributed by atoms with Crippen molar-refractivity contribution >= 4 is 5.97 Å². The lowest BCUT2D eigenvalue weighted by molar-refractivity contribution is -0.146. The zero-order valence-electron chi connectivity index (χ0n) is 8.75. The third-order valence-electron chi connectivity index (χ3n) is 2.21. The summed E-state index contributed by atoms with van der Waals surface area (Å²) < 4.78 is 10.4. The summed E-state index contributed by atoms with van der Waals surface area (Å²) in [7, 11) is 0. The SMILES string of the molecule is CCNCCC(=O)OCC1CCCO1. The van der Waals surface area contributed by atoms with Crippen LogP contribution in [0.1, 0.15) is 26.2 Å². The largest absolute Gasteiger partial charge is 0.463 e. The molecule has 0 aromatic carbocycles. The van der Waals surface area contributed by atoms with E-state index >= 15 is 0 Å². The number of esters is 1. The van der Waals surface area contributed by atoms with E-state index in [1.165, 1.54) is 0 Å². The highest BCUT2D eigenvalue weighted by Crippen LogP contribution is 2.11. The van der Waals surface area contributed by atoms with Crippen LogP contribution in [0.4, 0.5) is 0 Å². The van der Waals surface area contributed by atoms with Gasteiger partial charge in [0.25, 0.3) is 0 Å². The van der Waals surface area contributed by atoms with Crippen LogP contribution in [0.2, 0.25) is 0 Å². The lowest BCUT2D eigenvalue weighted by Gasteiger charge is -2.09. The molecule has 0 spiro atoms. The predicted molar refractivity (Wildman–Crippen MR) is 53.1 cm³/mol. The maximum Gasteiger partial charge on any atom is 0.307 e. The molecule has 1 saturated heterocycles. The van der Waals surface area contributed by atoms with Crippen molar-refractivity contribution in [2.75, 3.05) is 26.3 Å². The Hall–Kier alpha value is -0.610. The van der Waals surface area contributed by atoms with Crippen LogP contribution < -0.4 is 5.32 Å². The molecule has 1 fully saturated rings. The Labute approximate surface area is 85.0 Å². The Kier molecular flexibility index (Phi) is 5.56. The van der Waals surface area contributed by atoms with Gasteiger partial charge >= 0.3 is 5.97 Å². The molecular weight excluding hydrogens is 182 g/mol. The summed E-state index contributed by atoms with van der Waals surface area (Å²) in [6.07, 6.45) is 2.68. The molecule has 0 aromatic rings. The number of hydrogen-bond acceptors (Lipinski definition) is 4.